The van der Waals surface area contributed by atoms with Gasteiger partial charge < -0.3 is 9.64 Å². The zero-order chi connectivity index (χ0) is 20.6. The van der Waals surface area contributed by atoms with E-state index in [2.05, 4.69) is 11.0 Å². The molecule has 1 aromatic carbocycles. The number of nitriles is 1. The summed E-state index contributed by atoms with van der Waals surface area (Å²) in [6.45, 7) is 2.73. The van der Waals surface area contributed by atoms with Gasteiger partial charge in [-0.15, -0.1) is 0 Å². The summed E-state index contributed by atoms with van der Waals surface area (Å²) in [4.78, 5) is 15.4. The van der Waals surface area contributed by atoms with Gasteiger partial charge in [0.2, 0.25) is 5.91 Å². The first kappa shape index (κ1) is 22.0. The smallest absolute Gasteiger partial charge is 0.406 e. The average Bonchev–Trinajstić information content (AvgIpc) is 2.67. The van der Waals surface area contributed by atoms with Crippen molar-refractivity contribution in [2.24, 2.45) is 5.92 Å². The first-order valence-corrected chi connectivity index (χ1v) is 9.49. The predicted octanol–water partition coefficient (Wildman–Crippen LogP) is 3.25. The third kappa shape index (κ3) is 7.04. The number of benzene rings is 1. The van der Waals surface area contributed by atoms with Crippen LogP contribution < -0.4 is 4.74 Å². The van der Waals surface area contributed by atoms with Crippen LogP contribution in [0.5, 0.6) is 5.75 Å². The highest BCUT2D eigenvalue weighted by Crippen LogP contribution is 2.22. The molecule has 0 aliphatic carbocycles. The minimum absolute atomic E-state index is 0.0553. The highest BCUT2D eigenvalue weighted by Gasteiger charge is 2.35. The van der Waals surface area contributed by atoms with Gasteiger partial charge >= 0.3 is 6.18 Å². The van der Waals surface area contributed by atoms with Crippen LogP contribution in [-0.4, -0.2) is 61.2 Å². The van der Waals surface area contributed by atoms with Crippen LogP contribution in [0.2, 0.25) is 0 Å². The van der Waals surface area contributed by atoms with Gasteiger partial charge in [-0.25, -0.2) is 0 Å². The number of hydrogen-bond acceptors (Lipinski definition) is 4. The Hall–Kier alpha value is -2.27. The molecular formula is C20H26F3N3O2. The number of piperidine rings is 1. The minimum atomic E-state index is -4.38. The molecule has 1 amide bonds. The van der Waals surface area contributed by atoms with Crippen molar-refractivity contribution in [1.82, 2.24) is 9.80 Å². The van der Waals surface area contributed by atoms with Gasteiger partial charge in [0.05, 0.1) is 18.4 Å². The maximum Gasteiger partial charge on any atom is 0.406 e. The number of halogens is 3. The van der Waals surface area contributed by atoms with Crippen LogP contribution in [0.15, 0.2) is 24.3 Å². The molecule has 1 heterocycles. The van der Waals surface area contributed by atoms with Crippen LogP contribution in [0.4, 0.5) is 13.2 Å². The fourth-order valence-corrected chi connectivity index (χ4v) is 3.37. The first-order chi connectivity index (χ1) is 13.3. The lowest BCUT2D eigenvalue weighted by molar-refractivity contribution is -0.164. The van der Waals surface area contributed by atoms with Crippen LogP contribution in [0, 0.1) is 17.2 Å². The summed E-state index contributed by atoms with van der Waals surface area (Å²) < 4.78 is 43.7. The Morgan fingerprint density at radius 1 is 1.36 bits per heavy atom. The normalized spacial score (nSPS) is 17.8. The second-order valence-electron chi connectivity index (χ2n) is 6.93. The number of hydrogen-bond donors (Lipinski definition) is 0. The molecule has 154 valence electrons. The zero-order valence-corrected chi connectivity index (χ0v) is 16.0. The molecule has 2 rings (SSSR count). The molecule has 28 heavy (non-hydrogen) atoms. The quantitative estimate of drug-likeness (QED) is 0.676. The number of likely N-dealkylation sites (tertiary alicyclic amines) is 1. The Kier molecular flexibility index (Phi) is 8.12. The van der Waals surface area contributed by atoms with E-state index < -0.39 is 24.5 Å². The lowest BCUT2D eigenvalue weighted by atomic mass is 9.96. The summed E-state index contributed by atoms with van der Waals surface area (Å²) in [5.41, 5.74) is 0.923. The summed E-state index contributed by atoms with van der Waals surface area (Å²) >= 11 is 0. The van der Waals surface area contributed by atoms with Crippen LogP contribution in [0.25, 0.3) is 0 Å². The summed E-state index contributed by atoms with van der Waals surface area (Å²) in [5.74, 6) is -0.117. The predicted molar refractivity (Wildman–Crippen MR) is 98.7 cm³/mol. The molecule has 0 radical (unpaired) electrons. The summed E-state index contributed by atoms with van der Waals surface area (Å²) in [5, 5.41) is 8.67. The van der Waals surface area contributed by atoms with Gasteiger partial charge in [-0.3, -0.25) is 9.69 Å². The number of amides is 1. The van der Waals surface area contributed by atoms with Gasteiger partial charge in [-0.1, -0.05) is 12.1 Å². The molecule has 0 N–H and O–H groups in total. The molecule has 1 atom stereocenters. The number of nitrogens with zero attached hydrogens (tertiary/aromatic N) is 3. The largest absolute Gasteiger partial charge is 0.492 e. The fraction of sp³-hybridized carbons (Fsp3) is 0.600. The van der Waals surface area contributed by atoms with Crippen molar-refractivity contribution in [3.8, 4) is 11.8 Å². The summed E-state index contributed by atoms with van der Waals surface area (Å²) in [6, 6.07) is 9.39. The van der Waals surface area contributed by atoms with E-state index in [-0.39, 0.29) is 6.54 Å². The van der Waals surface area contributed by atoms with Crippen LogP contribution in [0.1, 0.15) is 25.3 Å². The second kappa shape index (κ2) is 10.3. The van der Waals surface area contributed by atoms with Crippen molar-refractivity contribution in [2.75, 3.05) is 39.3 Å². The molecule has 5 nitrogen and oxygen atoms in total. The Labute approximate surface area is 163 Å². The molecule has 0 bridgehead atoms. The number of ether oxygens (including phenoxy) is 1. The SMILES string of the molecule is CCN(CC(F)(F)F)C(=O)[C@@H]1CCCN(CCOc2ccc(CC#N)cc2)C1. The van der Waals surface area contributed by atoms with E-state index in [0.717, 1.165) is 23.4 Å². The van der Waals surface area contributed by atoms with Crippen molar-refractivity contribution < 1.29 is 22.7 Å². The Balaban J connectivity index is 1.80. The van der Waals surface area contributed by atoms with Gasteiger partial charge in [0, 0.05) is 19.6 Å². The Bertz CT molecular complexity index is 671. The number of rotatable bonds is 8. The van der Waals surface area contributed by atoms with E-state index in [1.807, 2.05) is 24.3 Å². The van der Waals surface area contributed by atoms with Crippen molar-refractivity contribution in [2.45, 2.75) is 32.4 Å². The number of alkyl halides is 3. The topological polar surface area (TPSA) is 56.6 Å². The van der Waals surface area contributed by atoms with E-state index in [9.17, 15) is 18.0 Å². The van der Waals surface area contributed by atoms with Crippen molar-refractivity contribution in [3.63, 3.8) is 0 Å². The number of carbonyl (C=O) groups is 1. The van der Waals surface area contributed by atoms with Gasteiger partial charge in [0.15, 0.2) is 0 Å². The first-order valence-electron chi connectivity index (χ1n) is 9.49. The summed E-state index contributed by atoms with van der Waals surface area (Å²) in [7, 11) is 0. The molecule has 0 unspecified atom stereocenters. The monoisotopic (exact) mass is 397 g/mol. The van der Waals surface area contributed by atoms with Gasteiger partial charge in [-0.05, 0) is 44.0 Å². The van der Waals surface area contributed by atoms with Crippen molar-refractivity contribution in [3.05, 3.63) is 29.8 Å². The Morgan fingerprint density at radius 3 is 2.68 bits per heavy atom. The molecular weight excluding hydrogens is 371 g/mol. The molecule has 1 saturated heterocycles. The van der Waals surface area contributed by atoms with E-state index in [1.165, 1.54) is 0 Å². The highest BCUT2D eigenvalue weighted by molar-refractivity contribution is 5.79. The molecule has 0 saturated carbocycles. The third-order valence-electron chi connectivity index (χ3n) is 4.80. The van der Waals surface area contributed by atoms with Crippen molar-refractivity contribution in [1.29, 1.82) is 5.26 Å². The molecule has 8 heteroatoms. The van der Waals surface area contributed by atoms with Crippen LogP contribution in [0.3, 0.4) is 0 Å². The van der Waals surface area contributed by atoms with Crippen molar-refractivity contribution >= 4 is 5.91 Å². The van der Waals surface area contributed by atoms with E-state index >= 15 is 0 Å². The van der Waals surface area contributed by atoms with Crippen LogP contribution >= 0.6 is 0 Å². The lowest BCUT2D eigenvalue weighted by Gasteiger charge is -2.34. The lowest BCUT2D eigenvalue weighted by Crippen LogP contribution is -2.48. The zero-order valence-electron chi connectivity index (χ0n) is 16.0. The maximum absolute atomic E-state index is 12.7. The van der Waals surface area contributed by atoms with Gasteiger partial charge in [0.25, 0.3) is 0 Å². The molecule has 1 fully saturated rings. The van der Waals surface area contributed by atoms with Gasteiger partial charge in [0.1, 0.15) is 18.9 Å². The van der Waals surface area contributed by atoms with E-state index in [0.29, 0.717) is 38.3 Å². The molecule has 0 aromatic heterocycles. The van der Waals surface area contributed by atoms with Gasteiger partial charge in [-0.2, -0.15) is 18.4 Å². The van der Waals surface area contributed by atoms with E-state index in [4.69, 9.17) is 10.00 Å². The number of carbonyl (C=O) groups excluding carboxylic acids is 1. The van der Waals surface area contributed by atoms with Crippen LogP contribution in [-0.2, 0) is 11.2 Å². The standard InChI is InChI=1S/C20H26F3N3O2/c1-2-26(15-20(21,22)23)19(27)17-4-3-11-25(14-17)12-13-28-18-7-5-16(6-8-18)9-10-24/h5-8,17H,2-4,9,11-15H2,1H3/t17-/m1/s1. The maximum atomic E-state index is 12.7. The van der Waals surface area contributed by atoms with E-state index in [1.54, 1.807) is 6.92 Å². The third-order valence-corrected chi connectivity index (χ3v) is 4.80. The molecule has 1 aromatic rings. The minimum Gasteiger partial charge on any atom is -0.492 e. The molecule has 0 spiro atoms. The Morgan fingerprint density at radius 2 is 2.07 bits per heavy atom. The fourth-order valence-electron chi connectivity index (χ4n) is 3.37. The highest BCUT2D eigenvalue weighted by atomic mass is 19.4. The molecule has 1 aliphatic rings. The second-order valence-corrected chi connectivity index (χ2v) is 6.93. The average molecular weight is 397 g/mol. The summed E-state index contributed by atoms with van der Waals surface area (Å²) in [6.07, 6.45) is -2.63. The molecule has 1 aliphatic heterocycles.